The minimum absolute atomic E-state index is 0.201. The van der Waals surface area contributed by atoms with Crippen molar-refractivity contribution in [2.75, 3.05) is 14.2 Å². The first-order valence-corrected chi connectivity index (χ1v) is 4.04. The normalized spacial score (nSPS) is 9.64. The number of nitrogens with zero attached hydrogens (tertiary/aromatic N) is 1. The SMILES string of the molecule is COC(=O)c1cc(CN)cc(OC)n1. The summed E-state index contributed by atoms with van der Waals surface area (Å²) in [6.07, 6.45) is 0. The Morgan fingerprint density at radius 2 is 2.21 bits per heavy atom. The number of pyridine rings is 1. The zero-order valence-corrected chi connectivity index (χ0v) is 8.11. The molecule has 0 bridgehead atoms. The first kappa shape index (κ1) is 10.5. The quantitative estimate of drug-likeness (QED) is 0.705. The lowest BCUT2D eigenvalue weighted by Gasteiger charge is -2.04. The highest BCUT2D eigenvalue weighted by molar-refractivity contribution is 5.87. The molecule has 0 aromatic carbocycles. The minimum atomic E-state index is -0.501. The number of aromatic nitrogens is 1. The second-order valence-electron chi connectivity index (χ2n) is 2.60. The Morgan fingerprint density at radius 1 is 1.50 bits per heavy atom. The van der Waals surface area contributed by atoms with Crippen LogP contribution in [0.3, 0.4) is 0 Å². The van der Waals surface area contributed by atoms with Crippen LogP contribution >= 0.6 is 0 Å². The lowest BCUT2D eigenvalue weighted by Crippen LogP contribution is -2.08. The standard InChI is InChI=1S/C9H12N2O3/c1-13-8-4-6(5-10)3-7(11-8)9(12)14-2/h3-4H,5,10H2,1-2H3. The number of hydrogen-bond donors (Lipinski definition) is 1. The molecule has 0 saturated carbocycles. The van der Waals surface area contributed by atoms with Gasteiger partial charge in [-0.1, -0.05) is 0 Å². The van der Waals surface area contributed by atoms with Crippen LogP contribution in [0, 0.1) is 0 Å². The number of ether oxygens (including phenoxy) is 2. The highest BCUT2D eigenvalue weighted by Crippen LogP contribution is 2.12. The van der Waals surface area contributed by atoms with Crippen LogP contribution in [0.1, 0.15) is 16.1 Å². The van der Waals surface area contributed by atoms with Crippen LogP contribution in [0.2, 0.25) is 0 Å². The van der Waals surface area contributed by atoms with Crippen LogP contribution in [0.5, 0.6) is 5.88 Å². The average molecular weight is 196 g/mol. The monoisotopic (exact) mass is 196 g/mol. The Kier molecular flexibility index (Phi) is 3.41. The molecule has 76 valence electrons. The Bertz CT molecular complexity index is 317. The maximum atomic E-state index is 11.2. The number of nitrogens with two attached hydrogens (primary N) is 1. The summed E-state index contributed by atoms with van der Waals surface area (Å²) in [6, 6.07) is 3.25. The van der Waals surface area contributed by atoms with Gasteiger partial charge in [0, 0.05) is 12.6 Å². The van der Waals surface area contributed by atoms with E-state index in [0.717, 1.165) is 5.56 Å². The van der Waals surface area contributed by atoms with Gasteiger partial charge in [-0.15, -0.1) is 0 Å². The van der Waals surface area contributed by atoms with Gasteiger partial charge in [-0.05, 0) is 11.6 Å². The van der Waals surface area contributed by atoms with E-state index >= 15 is 0 Å². The number of carbonyl (C=O) groups is 1. The van der Waals surface area contributed by atoms with E-state index in [-0.39, 0.29) is 5.69 Å². The first-order chi connectivity index (χ1) is 6.71. The maximum Gasteiger partial charge on any atom is 0.356 e. The Hall–Kier alpha value is -1.62. The molecule has 0 amide bonds. The molecule has 0 aliphatic carbocycles. The van der Waals surface area contributed by atoms with E-state index in [9.17, 15) is 4.79 Å². The highest BCUT2D eigenvalue weighted by atomic mass is 16.5. The van der Waals surface area contributed by atoms with Crippen LogP contribution in [0.15, 0.2) is 12.1 Å². The van der Waals surface area contributed by atoms with Gasteiger partial charge in [0.2, 0.25) is 5.88 Å². The topological polar surface area (TPSA) is 74.4 Å². The molecule has 0 unspecified atom stereocenters. The van der Waals surface area contributed by atoms with Crippen LogP contribution in [-0.4, -0.2) is 25.2 Å². The fourth-order valence-electron chi connectivity index (χ4n) is 0.991. The molecular weight excluding hydrogens is 184 g/mol. The number of esters is 1. The van der Waals surface area contributed by atoms with E-state index < -0.39 is 5.97 Å². The summed E-state index contributed by atoms with van der Waals surface area (Å²) < 4.78 is 9.46. The largest absolute Gasteiger partial charge is 0.481 e. The molecule has 0 fully saturated rings. The smallest absolute Gasteiger partial charge is 0.356 e. The fraction of sp³-hybridized carbons (Fsp3) is 0.333. The number of methoxy groups -OCH3 is 2. The summed E-state index contributed by atoms with van der Waals surface area (Å²) in [6.45, 7) is 0.322. The van der Waals surface area contributed by atoms with Crippen LogP contribution < -0.4 is 10.5 Å². The predicted molar refractivity (Wildman–Crippen MR) is 50.0 cm³/mol. The van der Waals surface area contributed by atoms with Crippen LogP contribution in [-0.2, 0) is 11.3 Å². The Labute approximate surface area is 81.8 Å². The molecule has 14 heavy (non-hydrogen) atoms. The second-order valence-corrected chi connectivity index (χ2v) is 2.60. The molecule has 0 atom stereocenters. The highest BCUT2D eigenvalue weighted by Gasteiger charge is 2.10. The Morgan fingerprint density at radius 3 is 2.71 bits per heavy atom. The summed E-state index contributed by atoms with van der Waals surface area (Å²) in [7, 11) is 2.77. The molecule has 0 saturated heterocycles. The van der Waals surface area contributed by atoms with Crippen LogP contribution in [0.4, 0.5) is 0 Å². The zero-order valence-electron chi connectivity index (χ0n) is 8.11. The molecule has 0 aliphatic rings. The van der Waals surface area contributed by atoms with E-state index in [4.69, 9.17) is 10.5 Å². The van der Waals surface area contributed by atoms with Crippen molar-refractivity contribution in [3.63, 3.8) is 0 Å². The van der Waals surface area contributed by atoms with Gasteiger partial charge < -0.3 is 15.2 Å². The molecule has 5 nitrogen and oxygen atoms in total. The van der Waals surface area contributed by atoms with Crippen molar-refractivity contribution in [3.8, 4) is 5.88 Å². The number of carbonyl (C=O) groups excluding carboxylic acids is 1. The molecule has 0 radical (unpaired) electrons. The minimum Gasteiger partial charge on any atom is -0.481 e. The summed E-state index contributed by atoms with van der Waals surface area (Å²) in [5.41, 5.74) is 6.42. The van der Waals surface area contributed by atoms with Crippen molar-refractivity contribution >= 4 is 5.97 Å². The van der Waals surface area contributed by atoms with Crippen molar-refractivity contribution in [1.82, 2.24) is 4.98 Å². The first-order valence-electron chi connectivity index (χ1n) is 4.04. The van der Waals surface area contributed by atoms with E-state index in [1.54, 1.807) is 12.1 Å². The summed E-state index contributed by atoms with van der Waals surface area (Å²) >= 11 is 0. The predicted octanol–water partition coefficient (Wildman–Crippen LogP) is 0.336. The molecule has 1 aromatic rings. The van der Waals surface area contributed by atoms with E-state index in [0.29, 0.717) is 12.4 Å². The fourth-order valence-corrected chi connectivity index (χ4v) is 0.991. The van der Waals surface area contributed by atoms with Gasteiger partial charge in [-0.2, -0.15) is 0 Å². The molecular formula is C9H12N2O3. The molecule has 2 N–H and O–H groups in total. The van der Waals surface area contributed by atoms with Gasteiger partial charge in [0.05, 0.1) is 14.2 Å². The third-order valence-electron chi connectivity index (χ3n) is 1.70. The molecule has 0 spiro atoms. The molecule has 1 heterocycles. The van der Waals surface area contributed by atoms with E-state index in [2.05, 4.69) is 9.72 Å². The maximum absolute atomic E-state index is 11.2. The summed E-state index contributed by atoms with van der Waals surface area (Å²) in [5, 5.41) is 0. The van der Waals surface area contributed by atoms with Crippen molar-refractivity contribution < 1.29 is 14.3 Å². The number of rotatable bonds is 3. The van der Waals surface area contributed by atoms with Crippen molar-refractivity contribution in [3.05, 3.63) is 23.4 Å². The summed E-state index contributed by atoms with van der Waals surface area (Å²) in [5.74, 6) is -0.146. The second kappa shape index (κ2) is 4.57. The lowest BCUT2D eigenvalue weighted by molar-refractivity contribution is 0.0593. The van der Waals surface area contributed by atoms with E-state index in [1.807, 2.05) is 0 Å². The van der Waals surface area contributed by atoms with Gasteiger partial charge in [0.1, 0.15) is 0 Å². The van der Waals surface area contributed by atoms with Gasteiger partial charge in [0.15, 0.2) is 5.69 Å². The van der Waals surface area contributed by atoms with Crippen molar-refractivity contribution in [2.24, 2.45) is 5.73 Å². The molecule has 5 heteroatoms. The van der Waals surface area contributed by atoms with Crippen molar-refractivity contribution in [1.29, 1.82) is 0 Å². The molecule has 1 rings (SSSR count). The zero-order chi connectivity index (χ0) is 10.6. The molecule has 0 aliphatic heterocycles. The van der Waals surface area contributed by atoms with Gasteiger partial charge in [0.25, 0.3) is 0 Å². The van der Waals surface area contributed by atoms with Crippen LogP contribution in [0.25, 0.3) is 0 Å². The average Bonchev–Trinajstić information content (AvgIpc) is 2.27. The third kappa shape index (κ3) is 2.20. The van der Waals surface area contributed by atoms with Gasteiger partial charge in [-0.3, -0.25) is 0 Å². The van der Waals surface area contributed by atoms with Crippen molar-refractivity contribution in [2.45, 2.75) is 6.54 Å². The summed E-state index contributed by atoms with van der Waals surface area (Å²) in [4.78, 5) is 15.1. The van der Waals surface area contributed by atoms with E-state index in [1.165, 1.54) is 14.2 Å². The lowest BCUT2D eigenvalue weighted by atomic mass is 10.2. The number of hydrogen-bond acceptors (Lipinski definition) is 5. The third-order valence-corrected chi connectivity index (χ3v) is 1.70. The van der Waals surface area contributed by atoms with Gasteiger partial charge >= 0.3 is 5.97 Å². The van der Waals surface area contributed by atoms with Gasteiger partial charge in [-0.25, -0.2) is 9.78 Å². The Balaban J connectivity index is 3.10. The molecule has 1 aromatic heterocycles.